The Bertz CT molecular complexity index is 1160. The van der Waals surface area contributed by atoms with E-state index in [1.54, 1.807) is 30.3 Å². The molecule has 33 heavy (non-hydrogen) atoms. The molecule has 0 heterocycles. The number of nitrogens with one attached hydrogen (secondary N) is 1. The summed E-state index contributed by atoms with van der Waals surface area (Å²) >= 11 is 0. The number of sulfonamides is 1. The van der Waals surface area contributed by atoms with Crippen LogP contribution in [0.4, 0.5) is 5.69 Å². The van der Waals surface area contributed by atoms with Crippen LogP contribution in [0, 0.1) is 0 Å². The van der Waals surface area contributed by atoms with Crippen LogP contribution in [0.25, 0.3) is 0 Å². The van der Waals surface area contributed by atoms with Gasteiger partial charge in [0.05, 0.1) is 16.1 Å². The Morgan fingerprint density at radius 2 is 1.48 bits per heavy atom. The van der Waals surface area contributed by atoms with Gasteiger partial charge in [-0.25, -0.2) is 13.2 Å². The first-order valence-corrected chi connectivity index (χ1v) is 11.9. The van der Waals surface area contributed by atoms with Crippen molar-refractivity contribution in [1.29, 1.82) is 0 Å². The van der Waals surface area contributed by atoms with Gasteiger partial charge in [0.2, 0.25) is 0 Å². The third-order valence-corrected chi connectivity index (χ3v) is 6.81. The molecule has 0 fully saturated rings. The largest absolute Gasteiger partial charge is 0.452 e. The molecule has 0 radical (unpaired) electrons. The number of benzene rings is 3. The number of rotatable bonds is 10. The highest BCUT2D eigenvalue weighted by Crippen LogP contribution is 2.22. The van der Waals surface area contributed by atoms with Crippen LogP contribution < -0.4 is 9.62 Å². The van der Waals surface area contributed by atoms with Crippen molar-refractivity contribution < 1.29 is 22.7 Å². The van der Waals surface area contributed by atoms with E-state index < -0.39 is 22.6 Å². The minimum absolute atomic E-state index is 0.0431. The van der Waals surface area contributed by atoms with Gasteiger partial charge in [-0.2, -0.15) is 0 Å². The second-order valence-electron chi connectivity index (χ2n) is 7.35. The fourth-order valence-corrected chi connectivity index (χ4v) is 4.32. The molecule has 0 aliphatic heterocycles. The summed E-state index contributed by atoms with van der Waals surface area (Å²) in [6, 6.07) is 24.0. The fraction of sp³-hybridized carbons (Fsp3) is 0.200. The van der Waals surface area contributed by atoms with Crippen molar-refractivity contribution in [2.75, 3.05) is 24.5 Å². The Balaban J connectivity index is 1.47. The molecule has 3 aromatic carbocycles. The maximum absolute atomic E-state index is 12.8. The zero-order valence-corrected chi connectivity index (χ0v) is 19.1. The summed E-state index contributed by atoms with van der Waals surface area (Å²) in [7, 11) is -2.31. The molecule has 7 nitrogen and oxygen atoms in total. The van der Waals surface area contributed by atoms with Crippen LogP contribution in [0.5, 0.6) is 0 Å². The summed E-state index contributed by atoms with van der Waals surface area (Å²) in [4.78, 5) is 24.2. The number of hydrogen-bond donors (Lipinski definition) is 1. The van der Waals surface area contributed by atoms with Crippen molar-refractivity contribution in [1.82, 2.24) is 5.32 Å². The van der Waals surface area contributed by atoms with Crippen LogP contribution in [0.1, 0.15) is 22.3 Å². The van der Waals surface area contributed by atoms with Gasteiger partial charge in [0.1, 0.15) is 0 Å². The first-order valence-electron chi connectivity index (χ1n) is 10.5. The Morgan fingerprint density at radius 1 is 0.879 bits per heavy atom. The molecule has 0 bridgehead atoms. The van der Waals surface area contributed by atoms with Crippen LogP contribution in [-0.4, -0.2) is 40.5 Å². The number of carbonyl (C=O) groups is 2. The van der Waals surface area contributed by atoms with Crippen LogP contribution in [0.15, 0.2) is 89.8 Å². The molecule has 0 spiro atoms. The number of esters is 1. The Morgan fingerprint density at radius 3 is 2.12 bits per heavy atom. The second-order valence-corrected chi connectivity index (χ2v) is 9.32. The molecule has 1 N–H and O–H groups in total. The van der Waals surface area contributed by atoms with Crippen LogP contribution in [0.3, 0.4) is 0 Å². The quantitative estimate of drug-likeness (QED) is 0.365. The van der Waals surface area contributed by atoms with E-state index in [1.165, 1.54) is 41.2 Å². The molecule has 0 atom stereocenters. The first kappa shape index (κ1) is 24.0. The van der Waals surface area contributed by atoms with Crippen molar-refractivity contribution in [2.45, 2.75) is 17.7 Å². The van der Waals surface area contributed by atoms with Crippen molar-refractivity contribution >= 4 is 27.6 Å². The minimum Gasteiger partial charge on any atom is -0.452 e. The van der Waals surface area contributed by atoms with Crippen molar-refractivity contribution in [2.24, 2.45) is 0 Å². The van der Waals surface area contributed by atoms with Crippen molar-refractivity contribution in [3.8, 4) is 0 Å². The van der Waals surface area contributed by atoms with Gasteiger partial charge in [-0.3, -0.25) is 9.10 Å². The van der Waals surface area contributed by atoms with E-state index >= 15 is 0 Å². The predicted octanol–water partition coefficient (Wildman–Crippen LogP) is 3.42. The maximum Gasteiger partial charge on any atom is 0.338 e. The lowest BCUT2D eigenvalue weighted by molar-refractivity contribution is -0.124. The van der Waals surface area contributed by atoms with Crippen LogP contribution >= 0.6 is 0 Å². The molecule has 0 aliphatic carbocycles. The molecule has 172 valence electrons. The third-order valence-electron chi connectivity index (χ3n) is 5.01. The van der Waals surface area contributed by atoms with E-state index in [0.29, 0.717) is 12.2 Å². The summed E-state index contributed by atoms with van der Waals surface area (Å²) in [5.41, 5.74) is 1.88. The fourth-order valence-electron chi connectivity index (χ4n) is 3.13. The van der Waals surface area contributed by atoms with Gasteiger partial charge in [0, 0.05) is 13.6 Å². The van der Waals surface area contributed by atoms with Gasteiger partial charge in [0.15, 0.2) is 6.61 Å². The molecule has 0 aromatic heterocycles. The van der Waals surface area contributed by atoms with E-state index in [0.717, 1.165) is 12.8 Å². The number of hydrogen-bond acceptors (Lipinski definition) is 5. The zero-order chi connectivity index (χ0) is 23.7. The maximum atomic E-state index is 12.8. The van der Waals surface area contributed by atoms with E-state index in [1.807, 2.05) is 30.3 Å². The molecule has 0 unspecified atom stereocenters. The summed E-state index contributed by atoms with van der Waals surface area (Å²) < 4.78 is 31.8. The average molecular weight is 467 g/mol. The molecular formula is C25H26N2O5S. The van der Waals surface area contributed by atoms with E-state index in [2.05, 4.69) is 5.32 Å². The summed E-state index contributed by atoms with van der Waals surface area (Å²) in [5, 5.41) is 2.72. The van der Waals surface area contributed by atoms with Crippen molar-refractivity contribution in [3.63, 3.8) is 0 Å². The van der Waals surface area contributed by atoms with E-state index in [-0.39, 0.29) is 16.4 Å². The standard InChI is InChI=1S/C25H26N2O5S/c1-27(22-12-6-3-7-13-22)33(30,31)23-16-14-21(15-17-23)25(29)32-19-24(28)26-18-8-11-20-9-4-2-5-10-20/h2-7,9-10,12-17H,8,11,18-19H2,1H3,(H,26,28). The zero-order valence-electron chi connectivity index (χ0n) is 18.3. The highest BCUT2D eigenvalue weighted by Gasteiger charge is 2.21. The minimum atomic E-state index is -3.78. The van der Waals surface area contributed by atoms with Crippen molar-refractivity contribution in [3.05, 3.63) is 96.1 Å². The van der Waals surface area contributed by atoms with E-state index in [4.69, 9.17) is 4.74 Å². The lowest BCUT2D eigenvalue weighted by Crippen LogP contribution is -2.29. The van der Waals surface area contributed by atoms with Gasteiger partial charge in [0.25, 0.3) is 15.9 Å². The normalized spacial score (nSPS) is 10.9. The molecule has 0 saturated carbocycles. The van der Waals surface area contributed by atoms with Gasteiger partial charge in [-0.15, -0.1) is 0 Å². The van der Waals surface area contributed by atoms with Gasteiger partial charge in [-0.05, 0) is 54.8 Å². The molecule has 3 aromatic rings. The highest BCUT2D eigenvalue weighted by molar-refractivity contribution is 7.92. The lowest BCUT2D eigenvalue weighted by atomic mass is 10.1. The van der Waals surface area contributed by atoms with Gasteiger partial charge in [-0.1, -0.05) is 48.5 Å². The lowest BCUT2D eigenvalue weighted by Gasteiger charge is -2.19. The number of anilines is 1. The number of aryl methyl sites for hydroxylation is 1. The van der Waals surface area contributed by atoms with Gasteiger partial charge < -0.3 is 10.1 Å². The predicted molar refractivity (Wildman–Crippen MR) is 127 cm³/mol. The highest BCUT2D eigenvalue weighted by atomic mass is 32.2. The molecular weight excluding hydrogens is 440 g/mol. The third kappa shape index (κ3) is 6.66. The Hall–Kier alpha value is -3.65. The van der Waals surface area contributed by atoms with Gasteiger partial charge >= 0.3 is 5.97 Å². The Kier molecular flexibility index (Phi) is 8.21. The topological polar surface area (TPSA) is 92.8 Å². The van der Waals surface area contributed by atoms with Crippen LogP contribution in [0.2, 0.25) is 0 Å². The Labute approximate surface area is 194 Å². The number of carbonyl (C=O) groups excluding carboxylic acids is 2. The number of amides is 1. The number of nitrogens with zero attached hydrogens (tertiary/aromatic N) is 1. The average Bonchev–Trinajstić information content (AvgIpc) is 2.86. The summed E-state index contributed by atoms with van der Waals surface area (Å²) in [6.07, 6.45) is 1.62. The SMILES string of the molecule is CN(c1ccccc1)S(=O)(=O)c1ccc(C(=O)OCC(=O)NCCCc2ccccc2)cc1. The smallest absolute Gasteiger partial charge is 0.338 e. The number of para-hydroxylation sites is 1. The summed E-state index contributed by atoms with van der Waals surface area (Å²) in [5.74, 6) is -1.09. The van der Waals surface area contributed by atoms with Crippen LogP contribution in [-0.2, 0) is 26.0 Å². The molecule has 8 heteroatoms. The summed E-state index contributed by atoms with van der Waals surface area (Å²) in [6.45, 7) is 0.0771. The molecule has 3 rings (SSSR count). The number of ether oxygens (including phenoxy) is 1. The first-order chi connectivity index (χ1) is 15.9. The monoisotopic (exact) mass is 466 g/mol. The second kappa shape index (κ2) is 11.3. The van der Waals surface area contributed by atoms with E-state index in [9.17, 15) is 18.0 Å². The molecule has 1 amide bonds. The molecule has 0 saturated heterocycles. The molecule has 0 aliphatic rings.